The fraction of sp³-hybridized carbons (Fsp3) is 0.231. The van der Waals surface area contributed by atoms with E-state index in [1.165, 1.54) is 12.4 Å². The molecule has 4 nitrogen and oxygen atoms in total. The minimum absolute atomic E-state index is 0.293. The minimum atomic E-state index is -0.293. The first kappa shape index (κ1) is 12.3. The molecule has 0 aliphatic carbocycles. The number of aromatic nitrogens is 2. The minimum Gasteiger partial charge on any atom is -0.370 e. The van der Waals surface area contributed by atoms with Crippen molar-refractivity contribution in [3.63, 3.8) is 0 Å². The van der Waals surface area contributed by atoms with Crippen molar-refractivity contribution >= 4 is 17.3 Å². The van der Waals surface area contributed by atoms with Crippen molar-refractivity contribution in [2.75, 3.05) is 17.2 Å². The van der Waals surface area contributed by atoms with Gasteiger partial charge in [0.15, 0.2) is 0 Å². The van der Waals surface area contributed by atoms with Crippen LogP contribution in [0.25, 0.3) is 0 Å². The maximum Gasteiger partial charge on any atom is 0.146 e. The lowest BCUT2D eigenvalue weighted by atomic mass is 10.2. The number of halogens is 1. The number of nitrogens with one attached hydrogen (secondary N) is 2. The van der Waals surface area contributed by atoms with Gasteiger partial charge in [0.05, 0.1) is 5.69 Å². The van der Waals surface area contributed by atoms with E-state index in [0.29, 0.717) is 17.3 Å². The second-order valence-corrected chi connectivity index (χ2v) is 3.88. The summed E-state index contributed by atoms with van der Waals surface area (Å²) in [7, 11) is 0. The number of hydrogen-bond donors (Lipinski definition) is 2. The van der Waals surface area contributed by atoms with Crippen LogP contribution in [-0.4, -0.2) is 16.5 Å². The van der Waals surface area contributed by atoms with Crippen molar-refractivity contribution in [3.05, 3.63) is 42.0 Å². The highest BCUT2D eigenvalue weighted by atomic mass is 19.1. The Morgan fingerprint density at radius 1 is 1.22 bits per heavy atom. The lowest BCUT2D eigenvalue weighted by molar-refractivity contribution is 0.631. The van der Waals surface area contributed by atoms with Gasteiger partial charge in [-0.25, -0.2) is 14.4 Å². The van der Waals surface area contributed by atoms with Crippen LogP contribution in [0.3, 0.4) is 0 Å². The molecule has 2 rings (SSSR count). The van der Waals surface area contributed by atoms with Gasteiger partial charge in [-0.15, -0.1) is 0 Å². The number of benzene rings is 1. The quantitative estimate of drug-likeness (QED) is 0.870. The van der Waals surface area contributed by atoms with Crippen molar-refractivity contribution in [3.8, 4) is 0 Å². The van der Waals surface area contributed by atoms with E-state index in [4.69, 9.17) is 0 Å². The van der Waals surface area contributed by atoms with Gasteiger partial charge in [0.1, 0.15) is 23.8 Å². The van der Waals surface area contributed by atoms with Crippen molar-refractivity contribution < 1.29 is 4.39 Å². The Labute approximate surface area is 105 Å². The molecule has 0 fully saturated rings. The average molecular weight is 246 g/mol. The third kappa shape index (κ3) is 2.74. The molecule has 0 amide bonds. The van der Waals surface area contributed by atoms with Gasteiger partial charge in [0.25, 0.3) is 0 Å². The predicted molar refractivity (Wildman–Crippen MR) is 70.6 cm³/mol. The van der Waals surface area contributed by atoms with Crippen LogP contribution >= 0.6 is 0 Å². The van der Waals surface area contributed by atoms with E-state index < -0.39 is 0 Å². The van der Waals surface area contributed by atoms with Gasteiger partial charge >= 0.3 is 0 Å². The summed E-state index contributed by atoms with van der Waals surface area (Å²) in [5.74, 6) is 0.983. The van der Waals surface area contributed by atoms with Crippen LogP contribution in [-0.2, 0) is 0 Å². The number of rotatable bonds is 4. The van der Waals surface area contributed by atoms with E-state index >= 15 is 0 Å². The maximum absolute atomic E-state index is 13.7. The van der Waals surface area contributed by atoms with Crippen molar-refractivity contribution in [2.45, 2.75) is 13.8 Å². The molecule has 0 unspecified atom stereocenters. The molecule has 0 aliphatic heterocycles. The molecular formula is C13H15FN4. The topological polar surface area (TPSA) is 49.8 Å². The molecule has 1 aromatic carbocycles. The van der Waals surface area contributed by atoms with Gasteiger partial charge in [-0.2, -0.15) is 0 Å². The highest BCUT2D eigenvalue weighted by Gasteiger charge is 2.06. The van der Waals surface area contributed by atoms with E-state index in [-0.39, 0.29) is 5.82 Å². The van der Waals surface area contributed by atoms with Gasteiger partial charge in [0.2, 0.25) is 0 Å². The molecule has 1 heterocycles. The van der Waals surface area contributed by atoms with Crippen LogP contribution in [0.2, 0.25) is 0 Å². The van der Waals surface area contributed by atoms with E-state index in [2.05, 4.69) is 20.6 Å². The highest BCUT2D eigenvalue weighted by molar-refractivity contribution is 5.62. The van der Waals surface area contributed by atoms with Crippen molar-refractivity contribution in [2.24, 2.45) is 0 Å². The summed E-state index contributed by atoms with van der Waals surface area (Å²) in [6, 6.07) is 6.69. The van der Waals surface area contributed by atoms with Crippen LogP contribution in [0.15, 0.2) is 30.6 Å². The Hall–Kier alpha value is -2.17. The fourth-order valence-corrected chi connectivity index (χ4v) is 1.62. The number of aryl methyl sites for hydroxylation is 1. The van der Waals surface area contributed by atoms with Crippen LogP contribution < -0.4 is 10.6 Å². The molecule has 2 N–H and O–H groups in total. The van der Waals surface area contributed by atoms with Gasteiger partial charge < -0.3 is 10.6 Å². The summed E-state index contributed by atoms with van der Waals surface area (Å²) in [4.78, 5) is 8.13. The Morgan fingerprint density at radius 3 is 2.72 bits per heavy atom. The summed E-state index contributed by atoms with van der Waals surface area (Å²) in [6.45, 7) is 4.60. The Bertz CT molecular complexity index is 522. The molecule has 18 heavy (non-hydrogen) atoms. The van der Waals surface area contributed by atoms with E-state index in [9.17, 15) is 4.39 Å². The van der Waals surface area contributed by atoms with Crippen LogP contribution in [0.1, 0.15) is 12.5 Å². The van der Waals surface area contributed by atoms with Crippen molar-refractivity contribution in [1.82, 2.24) is 9.97 Å². The van der Waals surface area contributed by atoms with Gasteiger partial charge in [0, 0.05) is 12.6 Å². The third-order valence-electron chi connectivity index (χ3n) is 2.50. The first-order valence-corrected chi connectivity index (χ1v) is 5.78. The molecule has 5 heteroatoms. The molecule has 0 aliphatic rings. The number of hydrogen-bond acceptors (Lipinski definition) is 4. The first-order valence-electron chi connectivity index (χ1n) is 5.78. The molecule has 0 atom stereocenters. The molecular weight excluding hydrogens is 231 g/mol. The molecule has 2 aromatic rings. The average Bonchev–Trinajstić information content (AvgIpc) is 2.35. The van der Waals surface area contributed by atoms with Gasteiger partial charge in [-0.1, -0.05) is 12.1 Å². The number of anilines is 3. The molecule has 0 saturated carbocycles. The Balaban J connectivity index is 2.26. The van der Waals surface area contributed by atoms with Crippen LogP contribution in [0, 0.1) is 12.7 Å². The summed E-state index contributed by atoms with van der Waals surface area (Å²) in [6.07, 6.45) is 1.44. The van der Waals surface area contributed by atoms with Crippen LogP contribution in [0.4, 0.5) is 21.7 Å². The smallest absolute Gasteiger partial charge is 0.146 e. The fourth-order valence-electron chi connectivity index (χ4n) is 1.62. The highest BCUT2D eigenvalue weighted by Crippen LogP contribution is 2.23. The zero-order valence-electron chi connectivity index (χ0n) is 10.4. The third-order valence-corrected chi connectivity index (χ3v) is 2.50. The number of para-hydroxylation sites is 1. The summed E-state index contributed by atoms with van der Waals surface area (Å²) in [5, 5.41) is 6.05. The Morgan fingerprint density at radius 2 is 2.00 bits per heavy atom. The summed E-state index contributed by atoms with van der Waals surface area (Å²) in [5.41, 5.74) is 1.28. The van der Waals surface area contributed by atoms with E-state index in [1.54, 1.807) is 12.1 Å². The van der Waals surface area contributed by atoms with Gasteiger partial charge in [-0.05, 0) is 25.5 Å². The van der Waals surface area contributed by atoms with E-state index in [1.807, 2.05) is 19.9 Å². The molecule has 0 radical (unpaired) electrons. The maximum atomic E-state index is 13.7. The van der Waals surface area contributed by atoms with Gasteiger partial charge in [-0.3, -0.25) is 0 Å². The molecule has 94 valence electrons. The molecule has 0 spiro atoms. The zero-order chi connectivity index (χ0) is 13.0. The molecule has 0 bridgehead atoms. The lowest BCUT2D eigenvalue weighted by Crippen LogP contribution is -2.03. The summed E-state index contributed by atoms with van der Waals surface area (Å²) >= 11 is 0. The second-order valence-electron chi connectivity index (χ2n) is 3.88. The van der Waals surface area contributed by atoms with Crippen molar-refractivity contribution in [1.29, 1.82) is 0 Å². The van der Waals surface area contributed by atoms with E-state index in [0.717, 1.165) is 12.1 Å². The Kier molecular flexibility index (Phi) is 3.72. The largest absolute Gasteiger partial charge is 0.370 e. The first-order chi connectivity index (χ1) is 8.70. The zero-order valence-corrected chi connectivity index (χ0v) is 10.4. The second kappa shape index (κ2) is 5.44. The lowest BCUT2D eigenvalue weighted by Gasteiger charge is -2.10. The normalized spacial score (nSPS) is 10.2. The predicted octanol–water partition coefficient (Wildman–Crippen LogP) is 3.10. The van der Waals surface area contributed by atoms with Crippen LogP contribution in [0.5, 0.6) is 0 Å². The molecule has 0 saturated heterocycles. The standard InChI is InChI=1S/C13H15FN4/c1-3-15-11-7-12(17-8-16-11)18-13-9(2)5-4-6-10(13)14/h4-8H,3H2,1-2H3,(H2,15,16,17,18). The SMILES string of the molecule is CCNc1cc(Nc2c(C)cccc2F)ncn1. The summed E-state index contributed by atoms with van der Waals surface area (Å²) < 4.78 is 13.7. The molecule has 1 aromatic heterocycles. The monoisotopic (exact) mass is 246 g/mol. The number of nitrogens with zero attached hydrogens (tertiary/aromatic N) is 2.